The lowest BCUT2D eigenvalue weighted by Crippen LogP contribution is -2.56. The Hall–Kier alpha value is -4.85. The number of likely N-dealkylation sites (tertiary alicyclic amines) is 2. The molecule has 0 saturated carbocycles. The average molecular weight is 933 g/mol. The molecular weight excluding hydrogens is 873 g/mol. The number of esters is 1. The first-order valence-electron chi connectivity index (χ1n) is 22.8. The van der Waals surface area contributed by atoms with Crippen LogP contribution in [0.15, 0.2) is 36.4 Å². The third-order valence-corrected chi connectivity index (χ3v) is 13.5. The topological polar surface area (TPSA) is 171 Å². The van der Waals surface area contributed by atoms with Crippen molar-refractivity contribution in [1.82, 2.24) is 29.4 Å². The molecule has 4 fully saturated rings. The first-order valence-corrected chi connectivity index (χ1v) is 23.1. The van der Waals surface area contributed by atoms with E-state index in [1.165, 1.54) is 11.0 Å². The number of nitrogens with zero attached hydrogens (tertiary/aromatic N) is 6. The van der Waals surface area contributed by atoms with E-state index in [2.05, 4.69) is 15.1 Å². The average Bonchev–Trinajstić information content (AvgIpc) is 3.48. The predicted molar refractivity (Wildman–Crippen MR) is 235 cm³/mol. The molecule has 0 aliphatic carbocycles. The van der Waals surface area contributed by atoms with Gasteiger partial charge in [0.2, 0.25) is 5.91 Å². The van der Waals surface area contributed by atoms with Gasteiger partial charge in [0, 0.05) is 109 Å². The number of hydrogen-bond donors (Lipinski definition) is 2. The first kappa shape index (κ1) is 48.1. The molecule has 0 spiro atoms. The number of para-hydroxylation sites is 1. The summed E-state index contributed by atoms with van der Waals surface area (Å²) in [6, 6.07) is 9.52. The molecular formula is C45H60ClF3N8O8. The molecule has 16 nitrogen and oxygen atoms in total. The third kappa shape index (κ3) is 12.7. The number of piperazine rings is 1. The number of urea groups is 1. The van der Waals surface area contributed by atoms with E-state index >= 15 is 0 Å². The van der Waals surface area contributed by atoms with E-state index in [1.54, 1.807) is 14.7 Å². The lowest BCUT2D eigenvalue weighted by atomic mass is 9.99. The van der Waals surface area contributed by atoms with Crippen LogP contribution < -0.4 is 11.1 Å². The highest BCUT2D eigenvalue weighted by Crippen LogP contribution is 2.38. The minimum atomic E-state index is -4.81. The van der Waals surface area contributed by atoms with Crippen LogP contribution in [0.25, 0.3) is 0 Å². The van der Waals surface area contributed by atoms with E-state index in [0.29, 0.717) is 97.7 Å². The van der Waals surface area contributed by atoms with Gasteiger partial charge >= 0.3 is 24.3 Å². The summed E-state index contributed by atoms with van der Waals surface area (Å²) >= 11 is 6.16. The summed E-state index contributed by atoms with van der Waals surface area (Å²) in [6.07, 6.45) is -3.72. The number of amides is 5. The van der Waals surface area contributed by atoms with Crippen LogP contribution in [0.3, 0.4) is 0 Å². The molecule has 2 aromatic carbocycles. The van der Waals surface area contributed by atoms with E-state index in [1.807, 2.05) is 24.3 Å². The van der Waals surface area contributed by atoms with E-state index in [-0.39, 0.29) is 72.9 Å². The highest BCUT2D eigenvalue weighted by molar-refractivity contribution is 6.33. The van der Waals surface area contributed by atoms with Crippen molar-refractivity contribution in [2.75, 3.05) is 109 Å². The van der Waals surface area contributed by atoms with Gasteiger partial charge in [0.05, 0.1) is 42.5 Å². The standard InChI is InChI=1S/C45H60ClF3N8O8/c46-36-29-31(28-35(41(36)50)45(47,48)49)30-38(65-44(62)56-16-11-34(12-17-56)57-18-8-32-4-1-2-5-37(32)51-43(57)61)42(60)55-14-9-33(10-15-55)53-19-21-54(22-20-53)39(58)6-7-40(59)64-25-3-13-52-23-26-63-27-24-52/h1-2,4-5,28-29,33-34,38H,3,6-27,30,50H2,(H,51,61)/t38-/m1/s1. The number of morpholine rings is 1. The molecule has 0 unspecified atom stereocenters. The van der Waals surface area contributed by atoms with E-state index in [9.17, 15) is 37.1 Å². The van der Waals surface area contributed by atoms with Crippen LogP contribution in [0.4, 0.5) is 34.1 Å². The van der Waals surface area contributed by atoms with Crippen LogP contribution in [-0.4, -0.2) is 176 Å². The van der Waals surface area contributed by atoms with E-state index in [4.69, 9.17) is 31.5 Å². The second-order valence-electron chi connectivity index (χ2n) is 17.4. The summed E-state index contributed by atoms with van der Waals surface area (Å²) in [5, 5.41) is 2.66. The van der Waals surface area contributed by atoms with Gasteiger partial charge in [-0.3, -0.25) is 24.2 Å². The molecule has 5 aliphatic heterocycles. The van der Waals surface area contributed by atoms with Gasteiger partial charge in [-0.2, -0.15) is 13.2 Å². The van der Waals surface area contributed by atoms with Crippen LogP contribution in [0.1, 0.15) is 61.6 Å². The number of nitrogens with two attached hydrogens (primary N) is 1. The van der Waals surface area contributed by atoms with Crippen molar-refractivity contribution in [3.05, 3.63) is 58.1 Å². The van der Waals surface area contributed by atoms with Crippen molar-refractivity contribution < 1.29 is 51.4 Å². The zero-order valence-electron chi connectivity index (χ0n) is 36.7. The Morgan fingerprint density at radius 1 is 0.846 bits per heavy atom. The number of carbonyl (C=O) groups excluding carboxylic acids is 5. The Morgan fingerprint density at radius 3 is 2.23 bits per heavy atom. The SMILES string of the molecule is Nc1c(Cl)cc(C[C@@H](OC(=O)N2CCC(N3CCc4ccccc4NC3=O)CC2)C(=O)N2CCC(N3CCN(C(=O)CCC(=O)OCCCN4CCOCC4)CC3)CC2)cc1C(F)(F)F. The number of fused-ring (bicyclic) bond motifs is 1. The molecule has 4 saturated heterocycles. The van der Waals surface area contributed by atoms with E-state index in [0.717, 1.165) is 43.4 Å². The number of halogens is 4. The largest absolute Gasteiger partial charge is 0.466 e. The predicted octanol–water partition coefficient (Wildman–Crippen LogP) is 4.72. The Kier molecular flexibility index (Phi) is 16.3. The van der Waals surface area contributed by atoms with Gasteiger partial charge in [-0.25, -0.2) is 9.59 Å². The molecule has 356 valence electrons. The molecule has 1 atom stereocenters. The number of rotatable bonds is 13. The molecule has 3 N–H and O–H groups in total. The van der Waals surface area contributed by atoms with Crippen molar-refractivity contribution >= 4 is 52.9 Å². The number of nitrogens with one attached hydrogen (secondary N) is 1. The number of piperidine rings is 2. The highest BCUT2D eigenvalue weighted by atomic mass is 35.5. The number of carbonyl (C=O) groups is 5. The van der Waals surface area contributed by atoms with Crippen LogP contribution in [-0.2, 0) is 47.6 Å². The molecule has 5 heterocycles. The molecule has 0 aromatic heterocycles. The highest BCUT2D eigenvalue weighted by Gasteiger charge is 2.39. The minimum absolute atomic E-state index is 0.0293. The summed E-state index contributed by atoms with van der Waals surface area (Å²) in [6.45, 7) is 8.26. The van der Waals surface area contributed by atoms with Crippen molar-refractivity contribution in [3.8, 4) is 0 Å². The van der Waals surface area contributed by atoms with Gasteiger partial charge in [0.1, 0.15) is 0 Å². The lowest BCUT2D eigenvalue weighted by molar-refractivity contribution is -0.146. The molecule has 0 bridgehead atoms. The molecule has 5 aliphatic rings. The number of ether oxygens (including phenoxy) is 3. The van der Waals surface area contributed by atoms with Crippen molar-refractivity contribution in [2.24, 2.45) is 0 Å². The Bertz CT molecular complexity index is 2000. The quantitative estimate of drug-likeness (QED) is 0.162. The second-order valence-corrected chi connectivity index (χ2v) is 17.8. The van der Waals surface area contributed by atoms with Crippen LogP contribution in [0.2, 0.25) is 5.02 Å². The zero-order chi connectivity index (χ0) is 46.1. The number of alkyl halides is 3. The third-order valence-electron chi connectivity index (χ3n) is 13.2. The summed E-state index contributed by atoms with van der Waals surface area (Å²) in [7, 11) is 0. The maximum atomic E-state index is 14.2. The van der Waals surface area contributed by atoms with Gasteiger partial charge in [0.15, 0.2) is 6.10 Å². The summed E-state index contributed by atoms with van der Waals surface area (Å²) < 4.78 is 58.5. The summed E-state index contributed by atoms with van der Waals surface area (Å²) in [5.74, 6) is -1.01. The molecule has 2 aromatic rings. The number of anilines is 2. The Balaban J connectivity index is 0.895. The fourth-order valence-electron chi connectivity index (χ4n) is 9.44. The fraction of sp³-hybridized carbons (Fsp3) is 0.622. The van der Waals surface area contributed by atoms with Gasteiger partial charge in [-0.1, -0.05) is 29.8 Å². The molecule has 7 rings (SSSR count). The van der Waals surface area contributed by atoms with Gasteiger partial charge in [-0.15, -0.1) is 0 Å². The Morgan fingerprint density at radius 2 is 1.52 bits per heavy atom. The smallest absolute Gasteiger partial charge is 0.418 e. The van der Waals surface area contributed by atoms with Crippen molar-refractivity contribution in [2.45, 2.75) is 82.2 Å². The second kappa shape index (κ2) is 22.1. The van der Waals surface area contributed by atoms with Crippen molar-refractivity contribution in [3.63, 3.8) is 0 Å². The number of nitrogen functional groups attached to an aromatic ring is 1. The monoisotopic (exact) mass is 932 g/mol. The Labute approximate surface area is 382 Å². The minimum Gasteiger partial charge on any atom is -0.466 e. The van der Waals surface area contributed by atoms with Crippen LogP contribution >= 0.6 is 11.6 Å². The van der Waals surface area contributed by atoms with Crippen LogP contribution in [0, 0.1) is 0 Å². The maximum Gasteiger partial charge on any atom is 0.418 e. The van der Waals surface area contributed by atoms with Crippen LogP contribution in [0.5, 0.6) is 0 Å². The van der Waals surface area contributed by atoms with Gasteiger partial charge in [-0.05, 0) is 67.9 Å². The molecule has 5 amide bonds. The first-order chi connectivity index (χ1) is 31.2. The lowest BCUT2D eigenvalue weighted by Gasteiger charge is -2.43. The summed E-state index contributed by atoms with van der Waals surface area (Å²) in [5.41, 5.74) is 5.77. The zero-order valence-corrected chi connectivity index (χ0v) is 37.5. The number of hydrogen-bond acceptors (Lipinski definition) is 11. The van der Waals surface area contributed by atoms with Gasteiger partial charge in [0.25, 0.3) is 5.91 Å². The maximum absolute atomic E-state index is 14.2. The molecule has 0 radical (unpaired) electrons. The molecule has 65 heavy (non-hydrogen) atoms. The summed E-state index contributed by atoms with van der Waals surface area (Å²) in [4.78, 5) is 77.6. The van der Waals surface area contributed by atoms with Gasteiger partial charge < -0.3 is 44.9 Å². The number of benzene rings is 2. The van der Waals surface area contributed by atoms with E-state index < -0.39 is 35.5 Å². The van der Waals surface area contributed by atoms with Crippen molar-refractivity contribution in [1.29, 1.82) is 0 Å². The molecule has 20 heteroatoms. The normalized spacial score (nSPS) is 20.2. The fourth-order valence-corrected chi connectivity index (χ4v) is 9.69.